The Kier molecular flexibility index (Phi) is 3.00. The third-order valence-corrected chi connectivity index (χ3v) is 1.74. The standard InChI is InChI=1S/C8H11FN2O2/c1-5-6(4-9)11-7(10-5)2-3-8(12)13/h2-4H2,1H3,(H,10,11)(H,12,13). The number of aryl methyl sites for hydroxylation is 2. The van der Waals surface area contributed by atoms with Crippen molar-refractivity contribution in [1.29, 1.82) is 0 Å². The lowest BCUT2D eigenvalue weighted by Gasteiger charge is -1.90. The van der Waals surface area contributed by atoms with E-state index in [0.29, 0.717) is 23.6 Å². The number of carboxylic acid groups (broad SMARTS) is 1. The van der Waals surface area contributed by atoms with Gasteiger partial charge in [-0.05, 0) is 6.92 Å². The number of carbonyl (C=O) groups is 1. The summed E-state index contributed by atoms with van der Waals surface area (Å²) in [4.78, 5) is 17.0. The van der Waals surface area contributed by atoms with E-state index in [-0.39, 0.29) is 6.42 Å². The van der Waals surface area contributed by atoms with Gasteiger partial charge in [0.25, 0.3) is 0 Å². The van der Waals surface area contributed by atoms with Gasteiger partial charge in [-0.3, -0.25) is 4.79 Å². The zero-order valence-corrected chi connectivity index (χ0v) is 7.30. The molecule has 0 radical (unpaired) electrons. The lowest BCUT2D eigenvalue weighted by molar-refractivity contribution is -0.137. The Bertz CT molecular complexity index is 309. The van der Waals surface area contributed by atoms with E-state index in [1.54, 1.807) is 6.92 Å². The molecule has 0 aromatic carbocycles. The van der Waals surface area contributed by atoms with E-state index in [1.807, 2.05) is 0 Å². The van der Waals surface area contributed by atoms with Crippen LogP contribution in [0.4, 0.5) is 4.39 Å². The Morgan fingerprint density at radius 2 is 2.38 bits per heavy atom. The van der Waals surface area contributed by atoms with Crippen molar-refractivity contribution >= 4 is 5.97 Å². The van der Waals surface area contributed by atoms with E-state index in [9.17, 15) is 9.18 Å². The Balaban J connectivity index is 2.62. The van der Waals surface area contributed by atoms with Crippen molar-refractivity contribution in [1.82, 2.24) is 9.97 Å². The first-order valence-electron chi connectivity index (χ1n) is 3.95. The molecule has 1 aromatic heterocycles. The highest BCUT2D eigenvalue weighted by molar-refractivity contribution is 5.66. The number of nitrogens with zero attached hydrogens (tertiary/aromatic N) is 1. The molecule has 72 valence electrons. The molecule has 0 bridgehead atoms. The van der Waals surface area contributed by atoms with Crippen molar-refractivity contribution in [3.05, 3.63) is 17.2 Å². The van der Waals surface area contributed by atoms with E-state index in [4.69, 9.17) is 5.11 Å². The number of aromatic amines is 1. The van der Waals surface area contributed by atoms with E-state index in [0.717, 1.165) is 0 Å². The number of imidazole rings is 1. The summed E-state index contributed by atoms with van der Waals surface area (Å²) < 4.78 is 12.2. The zero-order valence-electron chi connectivity index (χ0n) is 7.30. The van der Waals surface area contributed by atoms with Crippen molar-refractivity contribution in [2.45, 2.75) is 26.4 Å². The average molecular weight is 186 g/mol. The van der Waals surface area contributed by atoms with Crippen LogP contribution in [0.1, 0.15) is 23.6 Å². The number of H-pyrrole nitrogens is 1. The Morgan fingerprint density at radius 1 is 1.69 bits per heavy atom. The topological polar surface area (TPSA) is 66.0 Å². The van der Waals surface area contributed by atoms with Gasteiger partial charge in [0.1, 0.15) is 12.5 Å². The number of carboxylic acids is 1. The smallest absolute Gasteiger partial charge is 0.303 e. The van der Waals surface area contributed by atoms with Gasteiger partial charge in [-0.25, -0.2) is 9.37 Å². The predicted molar refractivity (Wildman–Crippen MR) is 44.1 cm³/mol. The molecule has 0 saturated carbocycles. The van der Waals surface area contributed by atoms with Gasteiger partial charge in [0.15, 0.2) is 0 Å². The third-order valence-electron chi connectivity index (χ3n) is 1.74. The minimum absolute atomic E-state index is 0.0126. The number of hydrogen-bond donors (Lipinski definition) is 2. The minimum Gasteiger partial charge on any atom is -0.481 e. The molecule has 4 nitrogen and oxygen atoms in total. The molecule has 0 unspecified atom stereocenters. The maximum absolute atomic E-state index is 12.2. The second-order valence-corrected chi connectivity index (χ2v) is 2.78. The zero-order chi connectivity index (χ0) is 9.84. The van der Waals surface area contributed by atoms with Crippen LogP contribution in [0.25, 0.3) is 0 Å². The summed E-state index contributed by atoms with van der Waals surface area (Å²) in [5.74, 6) is -0.344. The first-order chi connectivity index (χ1) is 6.13. The lowest BCUT2D eigenvalue weighted by Crippen LogP contribution is -1.98. The van der Waals surface area contributed by atoms with Gasteiger partial charge >= 0.3 is 5.97 Å². The third kappa shape index (κ3) is 2.54. The molecule has 0 spiro atoms. The normalized spacial score (nSPS) is 10.3. The summed E-state index contributed by atoms with van der Waals surface area (Å²) in [6.45, 7) is 1.10. The van der Waals surface area contributed by atoms with Crippen LogP contribution in [0.3, 0.4) is 0 Å². The van der Waals surface area contributed by atoms with E-state index in [2.05, 4.69) is 9.97 Å². The van der Waals surface area contributed by atoms with E-state index >= 15 is 0 Å². The van der Waals surface area contributed by atoms with Gasteiger partial charge in [0.05, 0.1) is 12.1 Å². The SMILES string of the molecule is Cc1[nH]c(CCC(=O)O)nc1CF. The monoisotopic (exact) mass is 186 g/mol. The molecular weight excluding hydrogens is 175 g/mol. The van der Waals surface area contributed by atoms with Gasteiger partial charge < -0.3 is 10.1 Å². The maximum Gasteiger partial charge on any atom is 0.303 e. The molecule has 0 aliphatic heterocycles. The van der Waals surface area contributed by atoms with Gasteiger partial charge in [0, 0.05) is 12.1 Å². The van der Waals surface area contributed by atoms with Crippen LogP contribution >= 0.6 is 0 Å². The highest BCUT2D eigenvalue weighted by Gasteiger charge is 2.07. The number of aromatic nitrogens is 2. The average Bonchev–Trinajstić information content (AvgIpc) is 2.43. The largest absolute Gasteiger partial charge is 0.481 e. The Hall–Kier alpha value is -1.39. The number of aliphatic carboxylic acids is 1. The highest BCUT2D eigenvalue weighted by Crippen LogP contribution is 2.07. The van der Waals surface area contributed by atoms with Crippen LogP contribution in [-0.2, 0) is 17.9 Å². The van der Waals surface area contributed by atoms with Gasteiger partial charge in [0.2, 0.25) is 0 Å². The van der Waals surface area contributed by atoms with Crippen molar-refractivity contribution < 1.29 is 14.3 Å². The molecular formula is C8H11FN2O2. The molecule has 13 heavy (non-hydrogen) atoms. The Morgan fingerprint density at radius 3 is 2.85 bits per heavy atom. The summed E-state index contributed by atoms with van der Waals surface area (Å²) in [7, 11) is 0. The van der Waals surface area contributed by atoms with Gasteiger partial charge in [-0.15, -0.1) is 0 Å². The fourth-order valence-electron chi connectivity index (χ4n) is 1.04. The summed E-state index contributed by atoms with van der Waals surface area (Å²) in [5.41, 5.74) is 1.03. The van der Waals surface area contributed by atoms with Crippen LogP contribution in [0.5, 0.6) is 0 Å². The Labute approximate surface area is 74.8 Å². The van der Waals surface area contributed by atoms with Crippen molar-refractivity contribution in [3.63, 3.8) is 0 Å². The van der Waals surface area contributed by atoms with Crippen LogP contribution in [0.2, 0.25) is 0 Å². The summed E-state index contributed by atoms with van der Waals surface area (Å²) in [6.07, 6.45) is 0.328. The molecule has 5 heteroatoms. The summed E-state index contributed by atoms with van der Waals surface area (Å²) in [6, 6.07) is 0. The maximum atomic E-state index is 12.2. The van der Waals surface area contributed by atoms with E-state index in [1.165, 1.54) is 0 Å². The molecule has 1 rings (SSSR count). The molecule has 0 aliphatic rings. The first-order valence-corrected chi connectivity index (χ1v) is 3.95. The van der Waals surface area contributed by atoms with Crippen LogP contribution in [-0.4, -0.2) is 21.0 Å². The lowest BCUT2D eigenvalue weighted by atomic mass is 10.3. The van der Waals surface area contributed by atoms with Gasteiger partial charge in [-0.2, -0.15) is 0 Å². The van der Waals surface area contributed by atoms with Crippen LogP contribution in [0.15, 0.2) is 0 Å². The molecule has 0 atom stereocenters. The fraction of sp³-hybridized carbons (Fsp3) is 0.500. The first kappa shape index (κ1) is 9.70. The van der Waals surface area contributed by atoms with Crippen LogP contribution in [0, 0.1) is 6.92 Å². The molecule has 1 aromatic rings. The van der Waals surface area contributed by atoms with Gasteiger partial charge in [-0.1, -0.05) is 0 Å². The fourth-order valence-corrected chi connectivity index (χ4v) is 1.04. The second kappa shape index (κ2) is 4.02. The molecule has 0 saturated heterocycles. The van der Waals surface area contributed by atoms with Crippen molar-refractivity contribution in [3.8, 4) is 0 Å². The minimum atomic E-state index is -0.879. The predicted octanol–water partition coefficient (Wildman–Crippen LogP) is 1.20. The van der Waals surface area contributed by atoms with Crippen LogP contribution < -0.4 is 0 Å². The molecule has 0 fully saturated rings. The molecule has 1 heterocycles. The molecule has 0 aliphatic carbocycles. The number of rotatable bonds is 4. The highest BCUT2D eigenvalue weighted by atomic mass is 19.1. The molecule has 0 amide bonds. The number of halogens is 1. The summed E-state index contributed by atoms with van der Waals surface area (Å²) >= 11 is 0. The second-order valence-electron chi connectivity index (χ2n) is 2.78. The van der Waals surface area contributed by atoms with Crippen molar-refractivity contribution in [2.75, 3.05) is 0 Å². The number of alkyl halides is 1. The quantitative estimate of drug-likeness (QED) is 0.742. The number of nitrogens with one attached hydrogen (secondary N) is 1. The van der Waals surface area contributed by atoms with Crippen molar-refractivity contribution in [2.24, 2.45) is 0 Å². The summed E-state index contributed by atoms with van der Waals surface area (Å²) in [5, 5.41) is 8.39. The number of hydrogen-bond acceptors (Lipinski definition) is 2. The molecule has 2 N–H and O–H groups in total. The van der Waals surface area contributed by atoms with E-state index < -0.39 is 12.6 Å².